The van der Waals surface area contributed by atoms with Gasteiger partial charge in [-0.2, -0.15) is 0 Å². The minimum absolute atomic E-state index is 0.189. The summed E-state index contributed by atoms with van der Waals surface area (Å²) < 4.78 is 15.1. The van der Waals surface area contributed by atoms with Crippen LogP contribution in [-0.2, 0) is 13.6 Å². The molecule has 0 spiro atoms. The van der Waals surface area contributed by atoms with Crippen molar-refractivity contribution < 1.29 is 4.39 Å². The molecule has 19 heavy (non-hydrogen) atoms. The first kappa shape index (κ1) is 13.8. The Morgan fingerprint density at radius 2 is 1.84 bits per heavy atom. The van der Waals surface area contributed by atoms with Gasteiger partial charge in [0.2, 0.25) is 0 Å². The third-order valence-electron chi connectivity index (χ3n) is 3.85. The Kier molecular flexibility index (Phi) is 4.05. The Morgan fingerprint density at radius 1 is 1.21 bits per heavy atom. The lowest BCUT2D eigenvalue weighted by molar-refractivity contribution is 0.569. The van der Waals surface area contributed by atoms with Crippen LogP contribution in [0.2, 0.25) is 0 Å². The Balaban J connectivity index is 2.02. The summed E-state index contributed by atoms with van der Waals surface area (Å²) >= 11 is 0. The zero-order chi connectivity index (χ0) is 14.0. The number of benzene rings is 1. The lowest BCUT2D eigenvalue weighted by Gasteiger charge is -2.14. The van der Waals surface area contributed by atoms with Gasteiger partial charge in [-0.3, -0.25) is 0 Å². The maximum atomic E-state index is 12.9. The molecule has 2 nitrogen and oxygen atoms in total. The maximum absolute atomic E-state index is 12.9. The van der Waals surface area contributed by atoms with Gasteiger partial charge >= 0.3 is 0 Å². The molecule has 102 valence electrons. The van der Waals surface area contributed by atoms with Crippen molar-refractivity contribution in [2.45, 2.75) is 33.4 Å². The van der Waals surface area contributed by atoms with E-state index in [0.717, 1.165) is 12.1 Å². The third-order valence-corrected chi connectivity index (χ3v) is 3.85. The number of hydrogen-bond acceptors (Lipinski definition) is 1. The number of rotatable bonds is 4. The van der Waals surface area contributed by atoms with E-state index in [0.29, 0.717) is 0 Å². The minimum Gasteiger partial charge on any atom is -0.352 e. The standard InChI is InChI=1S/C16H21FN2/c1-11-9-15(13(3)19(11)4)10-18-12(2)14-5-7-16(17)8-6-14/h5-9,12,18H,10H2,1-4H3/t12-/m0/s1. The van der Waals surface area contributed by atoms with Crippen molar-refractivity contribution in [1.29, 1.82) is 0 Å². The van der Waals surface area contributed by atoms with Gasteiger partial charge < -0.3 is 9.88 Å². The van der Waals surface area contributed by atoms with Crippen molar-refractivity contribution in [3.8, 4) is 0 Å². The SMILES string of the molecule is Cc1cc(CN[C@@H](C)c2ccc(F)cc2)c(C)n1C. The molecule has 0 fully saturated rings. The highest BCUT2D eigenvalue weighted by Gasteiger charge is 2.09. The molecule has 1 aromatic carbocycles. The predicted octanol–water partition coefficient (Wildman–Crippen LogP) is 3.63. The number of nitrogens with zero attached hydrogens (tertiary/aromatic N) is 1. The largest absolute Gasteiger partial charge is 0.352 e. The number of aromatic nitrogens is 1. The molecule has 0 saturated heterocycles. The number of aryl methyl sites for hydroxylation is 1. The molecule has 2 aromatic rings. The second kappa shape index (κ2) is 5.57. The monoisotopic (exact) mass is 260 g/mol. The summed E-state index contributed by atoms with van der Waals surface area (Å²) in [5.41, 5.74) is 4.97. The second-order valence-corrected chi connectivity index (χ2v) is 5.11. The van der Waals surface area contributed by atoms with Gasteiger partial charge in [-0.05, 0) is 50.1 Å². The van der Waals surface area contributed by atoms with Gasteiger partial charge in [0, 0.05) is 31.0 Å². The zero-order valence-electron chi connectivity index (χ0n) is 12.0. The van der Waals surface area contributed by atoms with Gasteiger partial charge in [-0.15, -0.1) is 0 Å². The van der Waals surface area contributed by atoms with Crippen molar-refractivity contribution in [2.24, 2.45) is 7.05 Å². The molecule has 0 saturated carbocycles. The quantitative estimate of drug-likeness (QED) is 0.888. The Labute approximate surface area is 114 Å². The lowest BCUT2D eigenvalue weighted by atomic mass is 10.1. The summed E-state index contributed by atoms with van der Waals surface area (Å²) in [6, 6.07) is 9.09. The first-order valence-electron chi connectivity index (χ1n) is 6.59. The fraction of sp³-hybridized carbons (Fsp3) is 0.375. The van der Waals surface area contributed by atoms with Gasteiger partial charge in [0.05, 0.1) is 0 Å². The zero-order valence-corrected chi connectivity index (χ0v) is 12.0. The molecule has 3 heteroatoms. The van der Waals surface area contributed by atoms with E-state index in [4.69, 9.17) is 0 Å². The summed E-state index contributed by atoms with van der Waals surface area (Å²) in [6.07, 6.45) is 0. The summed E-state index contributed by atoms with van der Waals surface area (Å²) in [7, 11) is 2.08. The average Bonchev–Trinajstić information content (AvgIpc) is 2.64. The molecule has 0 aliphatic heterocycles. The van der Waals surface area contributed by atoms with Crippen LogP contribution in [0.25, 0.3) is 0 Å². The fourth-order valence-electron chi connectivity index (χ4n) is 2.24. The van der Waals surface area contributed by atoms with Gasteiger partial charge in [-0.1, -0.05) is 12.1 Å². The Morgan fingerprint density at radius 3 is 2.37 bits per heavy atom. The fourth-order valence-corrected chi connectivity index (χ4v) is 2.24. The molecule has 0 aliphatic carbocycles. The number of hydrogen-bond donors (Lipinski definition) is 1. The predicted molar refractivity (Wildman–Crippen MR) is 76.5 cm³/mol. The van der Waals surface area contributed by atoms with Crippen LogP contribution in [0, 0.1) is 19.7 Å². The normalized spacial score (nSPS) is 12.7. The Bertz CT molecular complexity index is 555. The van der Waals surface area contributed by atoms with Crippen LogP contribution in [0.4, 0.5) is 4.39 Å². The summed E-state index contributed by atoms with van der Waals surface area (Å²) in [4.78, 5) is 0. The third kappa shape index (κ3) is 3.04. The van der Waals surface area contributed by atoms with Gasteiger partial charge in [0.15, 0.2) is 0 Å². The van der Waals surface area contributed by atoms with Gasteiger partial charge in [-0.25, -0.2) is 4.39 Å². The van der Waals surface area contributed by atoms with Crippen LogP contribution >= 0.6 is 0 Å². The molecule has 0 aliphatic rings. The first-order valence-corrected chi connectivity index (χ1v) is 6.59. The maximum Gasteiger partial charge on any atom is 0.123 e. The molecule has 0 bridgehead atoms. The molecule has 1 aromatic heterocycles. The minimum atomic E-state index is -0.189. The Hall–Kier alpha value is -1.61. The van der Waals surface area contributed by atoms with E-state index in [1.807, 2.05) is 12.1 Å². The summed E-state index contributed by atoms with van der Waals surface area (Å²) in [5, 5.41) is 3.48. The molecule has 2 rings (SSSR count). The molecular weight excluding hydrogens is 239 g/mol. The number of nitrogens with one attached hydrogen (secondary N) is 1. The average molecular weight is 260 g/mol. The topological polar surface area (TPSA) is 17.0 Å². The van der Waals surface area contributed by atoms with Crippen LogP contribution in [-0.4, -0.2) is 4.57 Å². The molecular formula is C16H21FN2. The van der Waals surface area contributed by atoms with Crippen LogP contribution in [0.15, 0.2) is 30.3 Å². The van der Waals surface area contributed by atoms with E-state index >= 15 is 0 Å². The van der Waals surface area contributed by atoms with E-state index in [1.165, 1.54) is 29.1 Å². The molecule has 1 atom stereocenters. The van der Waals surface area contributed by atoms with E-state index in [1.54, 1.807) is 0 Å². The molecule has 0 unspecified atom stereocenters. The van der Waals surface area contributed by atoms with Crippen molar-refractivity contribution in [2.75, 3.05) is 0 Å². The van der Waals surface area contributed by atoms with E-state index in [-0.39, 0.29) is 11.9 Å². The first-order chi connectivity index (χ1) is 8.99. The molecule has 1 heterocycles. The highest BCUT2D eigenvalue weighted by atomic mass is 19.1. The van der Waals surface area contributed by atoms with Crippen LogP contribution in [0.5, 0.6) is 0 Å². The van der Waals surface area contributed by atoms with Crippen molar-refractivity contribution in [3.63, 3.8) is 0 Å². The molecule has 0 radical (unpaired) electrons. The summed E-state index contributed by atoms with van der Waals surface area (Å²) in [6.45, 7) is 7.16. The van der Waals surface area contributed by atoms with Crippen molar-refractivity contribution in [3.05, 3.63) is 58.7 Å². The van der Waals surface area contributed by atoms with Crippen LogP contribution in [0.3, 0.4) is 0 Å². The molecule has 0 amide bonds. The van der Waals surface area contributed by atoms with Crippen molar-refractivity contribution in [1.82, 2.24) is 9.88 Å². The highest BCUT2D eigenvalue weighted by molar-refractivity contribution is 5.26. The molecule has 1 N–H and O–H groups in total. The van der Waals surface area contributed by atoms with E-state index < -0.39 is 0 Å². The second-order valence-electron chi connectivity index (χ2n) is 5.11. The van der Waals surface area contributed by atoms with E-state index in [9.17, 15) is 4.39 Å². The number of halogens is 1. The highest BCUT2D eigenvalue weighted by Crippen LogP contribution is 2.16. The summed E-state index contributed by atoms with van der Waals surface area (Å²) in [5.74, 6) is -0.189. The van der Waals surface area contributed by atoms with Gasteiger partial charge in [0.1, 0.15) is 5.82 Å². The van der Waals surface area contributed by atoms with Crippen LogP contribution < -0.4 is 5.32 Å². The van der Waals surface area contributed by atoms with Crippen LogP contribution in [0.1, 0.15) is 35.5 Å². The van der Waals surface area contributed by atoms with E-state index in [2.05, 4.69) is 43.8 Å². The smallest absolute Gasteiger partial charge is 0.123 e. The van der Waals surface area contributed by atoms with Crippen molar-refractivity contribution >= 4 is 0 Å². The lowest BCUT2D eigenvalue weighted by Crippen LogP contribution is -2.18. The van der Waals surface area contributed by atoms with Gasteiger partial charge in [0.25, 0.3) is 0 Å².